The number of anilines is 3. The molecular formula is C21H19N3O4. The molecule has 7 heteroatoms. The molecule has 142 valence electrons. The number of pyridine rings is 1. The van der Waals surface area contributed by atoms with Gasteiger partial charge in [-0.3, -0.25) is 4.79 Å². The lowest BCUT2D eigenvalue weighted by molar-refractivity contribution is 0.102. The number of ether oxygens (including phenoxy) is 3. The maximum absolute atomic E-state index is 12.5. The van der Waals surface area contributed by atoms with Gasteiger partial charge in [-0.05, 0) is 43.3 Å². The van der Waals surface area contributed by atoms with Gasteiger partial charge in [0.2, 0.25) is 6.79 Å². The fourth-order valence-electron chi connectivity index (χ4n) is 2.77. The van der Waals surface area contributed by atoms with Crippen molar-refractivity contribution in [3.8, 4) is 17.2 Å². The summed E-state index contributed by atoms with van der Waals surface area (Å²) in [5, 5.41) is 6.03. The SMILES string of the molecule is CCOc1ccccc1NC(=O)c1ccc(Nc2ccc3c(c2)OCO3)nc1. The minimum atomic E-state index is -0.255. The Balaban J connectivity index is 1.43. The van der Waals surface area contributed by atoms with Crippen LogP contribution in [0.25, 0.3) is 0 Å². The summed E-state index contributed by atoms with van der Waals surface area (Å²) in [4.78, 5) is 16.8. The summed E-state index contributed by atoms with van der Waals surface area (Å²) >= 11 is 0. The van der Waals surface area contributed by atoms with Gasteiger partial charge in [0.1, 0.15) is 11.6 Å². The van der Waals surface area contributed by atoms with Gasteiger partial charge >= 0.3 is 0 Å². The molecule has 0 saturated heterocycles. The van der Waals surface area contributed by atoms with Gasteiger partial charge in [0.25, 0.3) is 5.91 Å². The monoisotopic (exact) mass is 377 g/mol. The number of hydrogen-bond acceptors (Lipinski definition) is 6. The van der Waals surface area contributed by atoms with Crippen molar-refractivity contribution in [2.75, 3.05) is 24.0 Å². The van der Waals surface area contributed by atoms with Gasteiger partial charge in [-0.2, -0.15) is 0 Å². The van der Waals surface area contributed by atoms with Crippen LogP contribution in [0.1, 0.15) is 17.3 Å². The molecule has 0 atom stereocenters. The predicted molar refractivity (Wildman–Crippen MR) is 106 cm³/mol. The topological polar surface area (TPSA) is 81.7 Å². The van der Waals surface area contributed by atoms with Crippen LogP contribution in [0.3, 0.4) is 0 Å². The number of aromatic nitrogens is 1. The van der Waals surface area contributed by atoms with E-state index in [0.29, 0.717) is 35.2 Å². The quantitative estimate of drug-likeness (QED) is 0.670. The number of nitrogens with zero attached hydrogens (tertiary/aromatic N) is 1. The first-order chi connectivity index (χ1) is 13.7. The second-order valence-corrected chi connectivity index (χ2v) is 6.01. The molecule has 1 aliphatic rings. The van der Waals surface area contributed by atoms with E-state index in [1.165, 1.54) is 6.20 Å². The average molecular weight is 377 g/mol. The molecule has 1 amide bonds. The van der Waals surface area contributed by atoms with Crippen molar-refractivity contribution in [3.63, 3.8) is 0 Å². The number of carbonyl (C=O) groups excluding carboxylic acids is 1. The first kappa shape index (κ1) is 17.7. The zero-order valence-corrected chi connectivity index (χ0v) is 15.3. The van der Waals surface area contributed by atoms with Crippen molar-refractivity contribution in [1.29, 1.82) is 0 Å². The minimum Gasteiger partial charge on any atom is -0.492 e. The summed E-state index contributed by atoms with van der Waals surface area (Å²) < 4.78 is 16.2. The molecule has 0 spiro atoms. The summed E-state index contributed by atoms with van der Waals surface area (Å²) in [6.45, 7) is 2.65. The van der Waals surface area contributed by atoms with E-state index < -0.39 is 0 Å². The Labute approximate surface area is 162 Å². The Bertz CT molecular complexity index is 989. The molecule has 0 aliphatic carbocycles. The van der Waals surface area contributed by atoms with E-state index in [9.17, 15) is 4.79 Å². The zero-order chi connectivity index (χ0) is 19.3. The van der Waals surface area contributed by atoms with Crippen LogP contribution >= 0.6 is 0 Å². The molecule has 3 aromatic rings. The predicted octanol–water partition coefficient (Wildman–Crippen LogP) is 4.20. The molecule has 0 unspecified atom stereocenters. The summed E-state index contributed by atoms with van der Waals surface area (Å²) in [7, 11) is 0. The van der Waals surface area contributed by atoms with E-state index in [-0.39, 0.29) is 12.7 Å². The highest BCUT2D eigenvalue weighted by Gasteiger charge is 2.14. The van der Waals surface area contributed by atoms with Crippen LogP contribution in [0.15, 0.2) is 60.8 Å². The van der Waals surface area contributed by atoms with Crippen molar-refractivity contribution in [2.45, 2.75) is 6.92 Å². The summed E-state index contributed by atoms with van der Waals surface area (Å²) in [6, 6.07) is 16.3. The Hall–Kier alpha value is -3.74. The van der Waals surface area contributed by atoms with Crippen LogP contribution < -0.4 is 24.8 Å². The summed E-state index contributed by atoms with van der Waals surface area (Å²) in [6.07, 6.45) is 1.52. The normalized spacial score (nSPS) is 11.8. The third-order valence-electron chi connectivity index (χ3n) is 4.11. The standard InChI is InChI=1S/C21H19N3O4/c1-2-26-17-6-4-3-5-16(17)24-21(25)14-7-10-20(22-12-14)23-15-8-9-18-19(11-15)28-13-27-18/h3-12H,2,13H2,1H3,(H,22,23)(H,24,25). The van der Waals surface area contributed by atoms with Crippen molar-refractivity contribution in [2.24, 2.45) is 0 Å². The molecule has 2 heterocycles. The molecule has 2 N–H and O–H groups in total. The fraction of sp³-hybridized carbons (Fsp3) is 0.143. The molecule has 1 aromatic heterocycles. The lowest BCUT2D eigenvalue weighted by Crippen LogP contribution is -2.13. The van der Waals surface area contributed by atoms with Gasteiger partial charge in [-0.25, -0.2) is 4.98 Å². The summed E-state index contributed by atoms with van der Waals surface area (Å²) in [5.41, 5.74) is 1.89. The number of fused-ring (bicyclic) bond motifs is 1. The van der Waals surface area contributed by atoms with Gasteiger partial charge in [0.15, 0.2) is 11.5 Å². The molecule has 0 fully saturated rings. The van der Waals surface area contributed by atoms with E-state index in [0.717, 1.165) is 11.4 Å². The molecule has 0 bridgehead atoms. The lowest BCUT2D eigenvalue weighted by Gasteiger charge is -2.11. The molecule has 28 heavy (non-hydrogen) atoms. The van der Waals surface area contributed by atoms with Crippen molar-refractivity contribution in [3.05, 3.63) is 66.4 Å². The van der Waals surface area contributed by atoms with Gasteiger partial charge < -0.3 is 24.8 Å². The Morgan fingerprint density at radius 2 is 1.96 bits per heavy atom. The number of rotatable bonds is 6. The number of hydrogen-bond donors (Lipinski definition) is 2. The third kappa shape index (κ3) is 3.83. The third-order valence-corrected chi connectivity index (χ3v) is 4.11. The van der Waals surface area contributed by atoms with E-state index in [4.69, 9.17) is 14.2 Å². The number of amides is 1. The molecule has 0 saturated carbocycles. The number of carbonyl (C=O) groups is 1. The number of nitrogens with one attached hydrogen (secondary N) is 2. The van der Waals surface area contributed by atoms with Gasteiger partial charge in [-0.15, -0.1) is 0 Å². The lowest BCUT2D eigenvalue weighted by atomic mass is 10.2. The van der Waals surface area contributed by atoms with Crippen LogP contribution in [-0.4, -0.2) is 24.3 Å². The molecule has 7 nitrogen and oxygen atoms in total. The van der Waals surface area contributed by atoms with E-state index in [1.54, 1.807) is 18.2 Å². The Morgan fingerprint density at radius 3 is 2.79 bits per heavy atom. The first-order valence-electron chi connectivity index (χ1n) is 8.89. The Kier molecular flexibility index (Phi) is 4.97. The molecule has 4 rings (SSSR count). The maximum Gasteiger partial charge on any atom is 0.257 e. The largest absolute Gasteiger partial charge is 0.492 e. The second-order valence-electron chi connectivity index (χ2n) is 6.01. The second kappa shape index (κ2) is 7.87. The molecule has 2 aromatic carbocycles. The number of para-hydroxylation sites is 2. The Morgan fingerprint density at radius 1 is 1.11 bits per heavy atom. The van der Waals surface area contributed by atoms with E-state index in [2.05, 4.69) is 15.6 Å². The van der Waals surface area contributed by atoms with Gasteiger partial charge in [-0.1, -0.05) is 12.1 Å². The number of benzene rings is 2. The van der Waals surface area contributed by atoms with Crippen molar-refractivity contribution in [1.82, 2.24) is 4.98 Å². The fourth-order valence-corrected chi connectivity index (χ4v) is 2.77. The van der Waals surface area contributed by atoms with Crippen molar-refractivity contribution < 1.29 is 19.0 Å². The minimum absolute atomic E-state index is 0.229. The van der Waals surface area contributed by atoms with Crippen LogP contribution in [0, 0.1) is 0 Å². The first-order valence-corrected chi connectivity index (χ1v) is 8.89. The molecular weight excluding hydrogens is 358 g/mol. The van der Waals surface area contributed by atoms with Crippen LogP contribution in [0.5, 0.6) is 17.2 Å². The molecule has 0 radical (unpaired) electrons. The van der Waals surface area contributed by atoms with Crippen LogP contribution in [0.4, 0.5) is 17.2 Å². The highest BCUT2D eigenvalue weighted by Crippen LogP contribution is 2.34. The zero-order valence-electron chi connectivity index (χ0n) is 15.3. The van der Waals surface area contributed by atoms with E-state index >= 15 is 0 Å². The average Bonchev–Trinajstić information content (AvgIpc) is 3.18. The molecule has 1 aliphatic heterocycles. The smallest absolute Gasteiger partial charge is 0.257 e. The van der Waals surface area contributed by atoms with Crippen molar-refractivity contribution >= 4 is 23.1 Å². The van der Waals surface area contributed by atoms with E-state index in [1.807, 2.05) is 43.3 Å². The van der Waals surface area contributed by atoms with Gasteiger partial charge in [0.05, 0.1) is 17.9 Å². The van der Waals surface area contributed by atoms with Crippen LogP contribution in [0.2, 0.25) is 0 Å². The maximum atomic E-state index is 12.5. The van der Waals surface area contributed by atoms with Crippen LogP contribution in [-0.2, 0) is 0 Å². The van der Waals surface area contributed by atoms with Gasteiger partial charge in [0, 0.05) is 18.0 Å². The highest BCUT2D eigenvalue weighted by molar-refractivity contribution is 6.04. The highest BCUT2D eigenvalue weighted by atomic mass is 16.7. The summed E-state index contributed by atoms with van der Waals surface area (Å²) in [5.74, 6) is 2.40.